The topological polar surface area (TPSA) is 71.6 Å². The number of fused-ring (bicyclic) bond motifs is 1. The van der Waals surface area contributed by atoms with Crippen molar-refractivity contribution >= 4 is 16.8 Å². The van der Waals surface area contributed by atoms with Crippen molar-refractivity contribution in [3.05, 3.63) is 106 Å². The van der Waals surface area contributed by atoms with Crippen LogP contribution in [-0.4, -0.2) is 30.0 Å². The van der Waals surface area contributed by atoms with E-state index in [-0.39, 0.29) is 18.0 Å². The summed E-state index contributed by atoms with van der Waals surface area (Å²) in [5.74, 6) is 1.18. The zero-order valence-corrected chi connectivity index (χ0v) is 18.0. The molecule has 6 heteroatoms. The molecule has 0 unspecified atom stereocenters. The first-order valence-corrected chi connectivity index (χ1v) is 10.2. The summed E-state index contributed by atoms with van der Waals surface area (Å²) in [5.41, 5.74) is 2.49. The van der Waals surface area contributed by atoms with E-state index in [4.69, 9.17) is 9.47 Å². The van der Waals surface area contributed by atoms with E-state index in [9.17, 15) is 9.59 Å². The Morgan fingerprint density at radius 3 is 2.22 bits per heavy atom. The maximum Gasteiger partial charge on any atom is 0.254 e. The van der Waals surface area contributed by atoms with E-state index in [0.29, 0.717) is 34.7 Å². The highest BCUT2D eigenvalue weighted by Gasteiger charge is 2.19. The number of benzene rings is 3. The second kappa shape index (κ2) is 9.39. The molecule has 0 atom stereocenters. The molecule has 0 fully saturated rings. The first-order valence-electron chi connectivity index (χ1n) is 10.2. The minimum Gasteiger partial charge on any atom is -0.497 e. The molecule has 6 nitrogen and oxygen atoms in total. The molecule has 0 aliphatic heterocycles. The van der Waals surface area contributed by atoms with Gasteiger partial charge in [0.15, 0.2) is 0 Å². The fraction of sp³-hybridized carbons (Fsp3) is 0.154. The number of aromatic nitrogens is 1. The van der Waals surface area contributed by atoms with Gasteiger partial charge in [0, 0.05) is 23.7 Å². The maximum absolute atomic E-state index is 13.4. The molecule has 0 bridgehead atoms. The summed E-state index contributed by atoms with van der Waals surface area (Å²) < 4.78 is 10.4. The average molecular weight is 428 g/mol. The van der Waals surface area contributed by atoms with E-state index in [2.05, 4.69) is 4.98 Å². The number of hydrogen-bond acceptors (Lipinski definition) is 4. The Hall–Kier alpha value is -4.06. The largest absolute Gasteiger partial charge is 0.497 e. The number of carbonyl (C=O) groups excluding carboxylic acids is 1. The highest BCUT2D eigenvalue weighted by atomic mass is 16.5. The standard InChI is InChI=1S/C26H24N2O4/c1-31-22-11-8-19(9-12-22)26(30)28(16-18-6-4-3-5-7-18)17-21-14-20-10-13-23(32-2)15-24(20)27-25(21)29/h3-15H,16-17H2,1-2H3,(H,27,29). The molecule has 0 aliphatic rings. The monoisotopic (exact) mass is 428 g/mol. The zero-order chi connectivity index (χ0) is 22.5. The second-order valence-corrected chi connectivity index (χ2v) is 7.45. The first kappa shape index (κ1) is 21.2. The van der Waals surface area contributed by atoms with Crippen molar-refractivity contribution < 1.29 is 14.3 Å². The summed E-state index contributed by atoms with van der Waals surface area (Å²) in [5, 5.41) is 0.872. The van der Waals surface area contributed by atoms with Crippen molar-refractivity contribution in [1.82, 2.24) is 9.88 Å². The van der Waals surface area contributed by atoms with Gasteiger partial charge in [-0.05, 0) is 53.4 Å². The Morgan fingerprint density at radius 1 is 0.844 bits per heavy atom. The summed E-state index contributed by atoms with van der Waals surface area (Å²) in [6, 6.07) is 24.0. The molecule has 1 heterocycles. The summed E-state index contributed by atoms with van der Waals surface area (Å²) in [6.45, 7) is 0.558. The fourth-order valence-corrected chi connectivity index (χ4v) is 3.59. The van der Waals surface area contributed by atoms with Crippen LogP contribution in [0.15, 0.2) is 83.7 Å². The van der Waals surface area contributed by atoms with Crippen LogP contribution in [0.4, 0.5) is 0 Å². The number of aromatic amines is 1. The number of pyridine rings is 1. The van der Waals surface area contributed by atoms with E-state index in [1.165, 1.54) is 0 Å². The van der Waals surface area contributed by atoms with Crippen molar-refractivity contribution in [3.63, 3.8) is 0 Å². The smallest absolute Gasteiger partial charge is 0.254 e. The maximum atomic E-state index is 13.4. The molecule has 4 aromatic rings. The minimum atomic E-state index is -0.230. The van der Waals surface area contributed by atoms with Crippen molar-refractivity contribution in [2.45, 2.75) is 13.1 Å². The van der Waals surface area contributed by atoms with E-state index in [0.717, 1.165) is 10.9 Å². The molecule has 0 saturated heterocycles. The average Bonchev–Trinajstić information content (AvgIpc) is 2.84. The number of nitrogens with one attached hydrogen (secondary N) is 1. The molecule has 162 valence electrons. The molecule has 1 amide bonds. The van der Waals surface area contributed by atoms with Crippen molar-refractivity contribution in [2.75, 3.05) is 14.2 Å². The molecule has 0 spiro atoms. The number of carbonyl (C=O) groups is 1. The van der Waals surface area contributed by atoms with Gasteiger partial charge in [-0.3, -0.25) is 9.59 Å². The fourth-order valence-electron chi connectivity index (χ4n) is 3.59. The quantitative estimate of drug-likeness (QED) is 0.474. The van der Waals surface area contributed by atoms with Crippen LogP contribution in [-0.2, 0) is 13.1 Å². The van der Waals surface area contributed by atoms with Gasteiger partial charge >= 0.3 is 0 Å². The number of H-pyrrole nitrogens is 1. The lowest BCUT2D eigenvalue weighted by molar-refractivity contribution is 0.0729. The predicted octanol–water partition coefficient (Wildman–Crippen LogP) is 4.39. The Morgan fingerprint density at radius 2 is 1.53 bits per heavy atom. The van der Waals surface area contributed by atoms with Crippen LogP contribution in [0.5, 0.6) is 11.5 Å². The lowest BCUT2D eigenvalue weighted by Gasteiger charge is -2.23. The van der Waals surface area contributed by atoms with Gasteiger partial charge in [-0.15, -0.1) is 0 Å². The summed E-state index contributed by atoms with van der Waals surface area (Å²) in [4.78, 5) is 30.8. The van der Waals surface area contributed by atoms with Crippen LogP contribution in [0.3, 0.4) is 0 Å². The van der Waals surface area contributed by atoms with E-state index >= 15 is 0 Å². The highest BCUT2D eigenvalue weighted by Crippen LogP contribution is 2.20. The Bertz CT molecular complexity index is 1280. The van der Waals surface area contributed by atoms with E-state index < -0.39 is 0 Å². The Balaban J connectivity index is 1.68. The predicted molar refractivity (Wildman–Crippen MR) is 124 cm³/mol. The molecule has 0 saturated carbocycles. The molecular weight excluding hydrogens is 404 g/mol. The van der Waals surface area contributed by atoms with Crippen molar-refractivity contribution in [1.29, 1.82) is 0 Å². The lowest BCUT2D eigenvalue weighted by atomic mass is 10.1. The Labute approximate surface area is 186 Å². The van der Waals surface area contributed by atoms with E-state index in [1.54, 1.807) is 49.5 Å². The molecule has 1 N–H and O–H groups in total. The molecular formula is C26H24N2O4. The molecule has 4 rings (SSSR count). The van der Waals surface area contributed by atoms with Crippen LogP contribution in [0, 0.1) is 0 Å². The number of amides is 1. The SMILES string of the molecule is COc1ccc(C(=O)N(Cc2ccccc2)Cc2cc3ccc(OC)cc3[nH]c2=O)cc1. The van der Waals surface area contributed by atoms with Crippen LogP contribution in [0.1, 0.15) is 21.5 Å². The molecule has 1 aromatic heterocycles. The normalized spacial score (nSPS) is 10.7. The highest BCUT2D eigenvalue weighted by molar-refractivity contribution is 5.94. The van der Waals surface area contributed by atoms with Gasteiger partial charge < -0.3 is 19.4 Å². The van der Waals surface area contributed by atoms with Gasteiger partial charge in [-0.25, -0.2) is 0 Å². The summed E-state index contributed by atoms with van der Waals surface area (Å²) in [7, 11) is 3.17. The number of rotatable bonds is 7. The van der Waals surface area contributed by atoms with Crippen LogP contribution >= 0.6 is 0 Å². The van der Waals surface area contributed by atoms with Gasteiger partial charge in [-0.2, -0.15) is 0 Å². The molecule has 32 heavy (non-hydrogen) atoms. The third-order valence-corrected chi connectivity index (χ3v) is 5.33. The van der Waals surface area contributed by atoms with Crippen LogP contribution in [0.2, 0.25) is 0 Å². The summed E-state index contributed by atoms with van der Waals surface area (Å²) >= 11 is 0. The lowest BCUT2D eigenvalue weighted by Crippen LogP contribution is -2.32. The molecule has 3 aromatic carbocycles. The third-order valence-electron chi connectivity index (χ3n) is 5.33. The number of ether oxygens (including phenoxy) is 2. The van der Waals surface area contributed by atoms with Crippen LogP contribution in [0.25, 0.3) is 10.9 Å². The van der Waals surface area contributed by atoms with Crippen molar-refractivity contribution in [3.8, 4) is 11.5 Å². The number of methoxy groups -OCH3 is 2. The van der Waals surface area contributed by atoms with E-state index in [1.807, 2.05) is 48.5 Å². The first-order chi connectivity index (χ1) is 15.6. The van der Waals surface area contributed by atoms with Gasteiger partial charge in [-0.1, -0.05) is 30.3 Å². The van der Waals surface area contributed by atoms with Gasteiger partial charge in [0.1, 0.15) is 11.5 Å². The number of nitrogens with zero attached hydrogens (tertiary/aromatic N) is 1. The summed E-state index contributed by atoms with van der Waals surface area (Å²) in [6.07, 6.45) is 0. The van der Waals surface area contributed by atoms with Crippen LogP contribution < -0.4 is 15.0 Å². The number of hydrogen-bond donors (Lipinski definition) is 1. The van der Waals surface area contributed by atoms with Gasteiger partial charge in [0.25, 0.3) is 11.5 Å². The van der Waals surface area contributed by atoms with Crippen molar-refractivity contribution in [2.24, 2.45) is 0 Å². The third kappa shape index (κ3) is 4.64. The zero-order valence-electron chi connectivity index (χ0n) is 18.0. The van der Waals surface area contributed by atoms with Gasteiger partial charge in [0.2, 0.25) is 0 Å². The second-order valence-electron chi connectivity index (χ2n) is 7.45. The molecule has 0 aliphatic carbocycles. The minimum absolute atomic E-state index is 0.161. The molecule has 0 radical (unpaired) electrons. The Kier molecular flexibility index (Phi) is 6.22. The van der Waals surface area contributed by atoms with Gasteiger partial charge in [0.05, 0.1) is 26.3 Å².